The van der Waals surface area contributed by atoms with Crippen LogP contribution in [0.3, 0.4) is 0 Å². The van der Waals surface area contributed by atoms with Crippen LogP contribution in [0.25, 0.3) is 0 Å². The van der Waals surface area contributed by atoms with Crippen LogP contribution in [-0.2, 0) is 14.9 Å². The molecule has 188 valence electrons. The number of ether oxygens (including phenoxy) is 1. The van der Waals surface area contributed by atoms with Crippen molar-refractivity contribution in [1.29, 1.82) is 5.26 Å². The lowest BCUT2D eigenvalue weighted by Crippen LogP contribution is -2.40. The van der Waals surface area contributed by atoms with Gasteiger partial charge >= 0.3 is 6.09 Å². The Bertz CT molecular complexity index is 1250. The highest BCUT2D eigenvalue weighted by atomic mass is 35.5. The fourth-order valence-corrected chi connectivity index (χ4v) is 6.25. The molecular formula is C29H32ClN3O3. The molecule has 1 atom stereocenters. The van der Waals surface area contributed by atoms with E-state index >= 15 is 0 Å². The minimum Gasteiger partial charge on any atom is -0.444 e. The Morgan fingerprint density at radius 1 is 1.14 bits per heavy atom. The van der Waals surface area contributed by atoms with Gasteiger partial charge in [0.15, 0.2) is 0 Å². The van der Waals surface area contributed by atoms with Crippen molar-refractivity contribution in [3.63, 3.8) is 0 Å². The second kappa shape index (κ2) is 9.12. The number of carbonyl (C=O) groups excluding carboxylic acids is 2. The molecule has 2 aliphatic heterocycles. The number of hydrogen-bond acceptors (Lipinski definition) is 4. The fourth-order valence-electron chi connectivity index (χ4n) is 6.04. The zero-order valence-electron chi connectivity index (χ0n) is 21.1. The summed E-state index contributed by atoms with van der Waals surface area (Å²) in [5.74, 6) is 0.187. The summed E-state index contributed by atoms with van der Waals surface area (Å²) in [6, 6.07) is 13.8. The van der Waals surface area contributed by atoms with Gasteiger partial charge in [0.25, 0.3) is 0 Å². The molecule has 0 radical (unpaired) electrons. The molecule has 2 aromatic rings. The van der Waals surface area contributed by atoms with E-state index in [0.29, 0.717) is 29.4 Å². The Labute approximate surface area is 217 Å². The first-order valence-electron chi connectivity index (χ1n) is 12.8. The second-order valence-corrected chi connectivity index (χ2v) is 11.6. The van der Waals surface area contributed by atoms with E-state index in [1.54, 1.807) is 28.0 Å². The highest BCUT2D eigenvalue weighted by Crippen LogP contribution is 2.54. The summed E-state index contributed by atoms with van der Waals surface area (Å²) in [4.78, 5) is 30.2. The molecule has 7 heteroatoms. The first-order valence-corrected chi connectivity index (χ1v) is 13.2. The number of nitriles is 1. The van der Waals surface area contributed by atoms with Crippen molar-refractivity contribution in [1.82, 2.24) is 4.90 Å². The van der Waals surface area contributed by atoms with Gasteiger partial charge in [0.1, 0.15) is 11.7 Å². The minimum absolute atomic E-state index is 0.0370. The number of anilines is 2. The number of benzene rings is 2. The van der Waals surface area contributed by atoms with Gasteiger partial charge in [-0.1, -0.05) is 49.1 Å². The van der Waals surface area contributed by atoms with Gasteiger partial charge in [0, 0.05) is 19.0 Å². The molecule has 1 saturated heterocycles. The molecule has 0 aromatic heterocycles. The van der Waals surface area contributed by atoms with Crippen LogP contribution in [0.2, 0.25) is 5.02 Å². The predicted molar refractivity (Wildman–Crippen MR) is 140 cm³/mol. The first-order chi connectivity index (χ1) is 17.1. The Morgan fingerprint density at radius 3 is 2.58 bits per heavy atom. The van der Waals surface area contributed by atoms with Gasteiger partial charge in [-0.05, 0) is 69.4 Å². The Kier molecular flexibility index (Phi) is 6.24. The lowest BCUT2D eigenvalue weighted by Gasteiger charge is -2.32. The van der Waals surface area contributed by atoms with Gasteiger partial charge in [0.2, 0.25) is 5.91 Å². The Balaban J connectivity index is 1.53. The van der Waals surface area contributed by atoms with Gasteiger partial charge in [-0.15, -0.1) is 0 Å². The summed E-state index contributed by atoms with van der Waals surface area (Å²) < 4.78 is 5.57. The molecule has 36 heavy (non-hydrogen) atoms. The van der Waals surface area contributed by atoms with E-state index in [1.807, 2.05) is 20.8 Å². The van der Waals surface area contributed by atoms with Crippen molar-refractivity contribution in [3.8, 4) is 6.07 Å². The number of carbonyl (C=O) groups is 2. The van der Waals surface area contributed by atoms with Crippen LogP contribution in [0.15, 0.2) is 36.4 Å². The number of halogens is 1. The van der Waals surface area contributed by atoms with E-state index in [1.165, 1.54) is 0 Å². The average molecular weight is 506 g/mol. The molecule has 2 amide bonds. The van der Waals surface area contributed by atoms with Gasteiger partial charge in [-0.3, -0.25) is 9.69 Å². The van der Waals surface area contributed by atoms with Gasteiger partial charge < -0.3 is 9.64 Å². The number of likely N-dealkylation sites (tertiary alicyclic amines) is 1. The summed E-state index contributed by atoms with van der Waals surface area (Å²) in [5, 5.41) is 10.2. The lowest BCUT2D eigenvalue weighted by atomic mass is 9.70. The third-order valence-electron chi connectivity index (χ3n) is 7.75. The molecule has 3 aliphatic rings. The topological polar surface area (TPSA) is 73.6 Å². The molecule has 1 spiro atoms. The number of rotatable bonds is 2. The quantitative estimate of drug-likeness (QED) is 0.449. The number of hydrogen-bond donors (Lipinski definition) is 0. The predicted octanol–water partition coefficient (Wildman–Crippen LogP) is 6.82. The van der Waals surface area contributed by atoms with E-state index in [2.05, 4.69) is 24.3 Å². The molecular weight excluding hydrogens is 474 g/mol. The molecule has 2 aromatic carbocycles. The summed E-state index contributed by atoms with van der Waals surface area (Å²) in [7, 11) is 0. The third-order valence-corrected chi connectivity index (χ3v) is 8.07. The molecule has 1 saturated carbocycles. The maximum absolute atomic E-state index is 14.1. The van der Waals surface area contributed by atoms with Crippen LogP contribution < -0.4 is 4.90 Å². The van der Waals surface area contributed by atoms with Crippen molar-refractivity contribution < 1.29 is 14.3 Å². The molecule has 2 heterocycles. The minimum atomic E-state index is -0.556. The van der Waals surface area contributed by atoms with Crippen molar-refractivity contribution in [2.45, 2.75) is 76.2 Å². The van der Waals surface area contributed by atoms with Crippen LogP contribution in [0.5, 0.6) is 0 Å². The third kappa shape index (κ3) is 4.14. The van der Waals surface area contributed by atoms with Gasteiger partial charge in [0.05, 0.1) is 27.4 Å². The number of amides is 2. The fraction of sp³-hybridized carbons (Fsp3) is 0.483. The van der Waals surface area contributed by atoms with Crippen LogP contribution in [0, 0.1) is 11.3 Å². The van der Waals surface area contributed by atoms with Crippen molar-refractivity contribution in [2.24, 2.45) is 0 Å². The molecule has 6 nitrogen and oxygen atoms in total. The summed E-state index contributed by atoms with van der Waals surface area (Å²) in [5.41, 5.74) is 2.74. The normalized spacial score (nSPS) is 21.0. The van der Waals surface area contributed by atoms with E-state index < -0.39 is 11.0 Å². The van der Waals surface area contributed by atoms with Crippen molar-refractivity contribution in [2.75, 3.05) is 18.0 Å². The molecule has 5 rings (SSSR count). The average Bonchev–Trinajstić information content (AvgIpc) is 3.41. The number of nitrogens with zero attached hydrogens (tertiary/aromatic N) is 3. The zero-order chi connectivity index (χ0) is 25.7. The second-order valence-electron chi connectivity index (χ2n) is 11.2. The van der Waals surface area contributed by atoms with E-state index in [0.717, 1.165) is 55.3 Å². The maximum atomic E-state index is 14.1. The summed E-state index contributed by atoms with van der Waals surface area (Å²) in [6.07, 6.45) is 5.31. The van der Waals surface area contributed by atoms with Crippen LogP contribution in [0.4, 0.5) is 16.2 Å². The lowest BCUT2D eigenvalue weighted by molar-refractivity contribution is -0.123. The molecule has 1 aliphatic carbocycles. The van der Waals surface area contributed by atoms with E-state index in [4.69, 9.17) is 16.3 Å². The zero-order valence-corrected chi connectivity index (χ0v) is 21.9. The van der Waals surface area contributed by atoms with Gasteiger partial charge in [-0.25, -0.2) is 4.79 Å². The van der Waals surface area contributed by atoms with E-state index in [-0.39, 0.29) is 17.9 Å². The van der Waals surface area contributed by atoms with Crippen LogP contribution in [0.1, 0.15) is 81.9 Å². The molecule has 0 bridgehead atoms. The van der Waals surface area contributed by atoms with Crippen molar-refractivity contribution >= 4 is 35.0 Å². The smallest absolute Gasteiger partial charge is 0.410 e. The highest BCUT2D eigenvalue weighted by molar-refractivity contribution is 6.32. The van der Waals surface area contributed by atoms with Gasteiger partial charge in [-0.2, -0.15) is 5.26 Å². The Morgan fingerprint density at radius 2 is 1.89 bits per heavy atom. The summed E-state index contributed by atoms with van der Waals surface area (Å²) >= 11 is 6.38. The first kappa shape index (κ1) is 24.6. The monoisotopic (exact) mass is 505 g/mol. The standard InChI is InChI=1S/C29H32ClN3O3/c1-28(2,3)36-27(35)32-15-12-20(18-32)19-10-11-22-25(16-19)33(24-9-7-8-23(30)21(24)17-31)26(34)29(22)13-5-4-6-14-29/h7-11,16,20H,4-6,12-15,18H2,1-3H3. The van der Waals surface area contributed by atoms with Crippen LogP contribution in [-0.4, -0.2) is 35.6 Å². The largest absolute Gasteiger partial charge is 0.444 e. The van der Waals surface area contributed by atoms with E-state index in [9.17, 15) is 14.9 Å². The summed E-state index contributed by atoms with van der Waals surface area (Å²) in [6.45, 7) is 6.83. The highest BCUT2D eigenvalue weighted by Gasteiger charge is 2.52. The molecule has 1 unspecified atom stereocenters. The maximum Gasteiger partial charge on any atom is 0.410 e. The molecule has 2 fully saturated rings. The SMILES string of the molecule is CC(C)(C)OC(=O)N1CCC(c2ccc3c(c2)N(c2cccc(Cl)c2C#N)C(=O)C32CCCCC2)C1. The van der Waals surface area contributed by atoms with Crippen LogP contribution >= 0.6 is 11.6 Å². The molecule has 0 N–H and O–H groups in total. The van der Waals surface area contributed by atoms with Crippen molar-refractivity contribution in [3.05, 3.63) is 58.1 Å². The number of fused-ring (bicyclic) bond motifs is 2. The Hall–Kier alpha value is -3.04.